The summed E-state index contributed by atoms with van der Waals surface area (Å²) in [5.74, 6) is 1.75. The standard InChI is InChI=1S/C45H38N2O2Si/c1-29-19-23-40-38(25-29)45(36-15-9-11-17-42(36)49-43-18-12-10-16-37(43)45)39-27-33(50(3,4)5)21-24-41(39)47(40)32-20-22-34-30(2)28-46(44(48)35(34)26-32)31-13-7-6-8-14-31/h6-28H,1-5H3. The number of ether oxygens (including phenoxy) is 1. The van der Waals surface area contributed by atoms with Crippen molar-refractivity contribution >= 4 is 41.1 Å². The second-order valence-corrected chi connectivity index (χ2v) is 19.8. The molecule has 2 aliphatic heterocycles. The highest BCUT2D eigenvalue weighted by atomic mass is 28.3. The number of nitrogens with zero attached hydrogens (tertiary/aromatic N) is 2. The van der Waals surface area contributed by atoms with Gasteiger partial charge in [0.25, 0.3) is 5.56 Å². The molecule has 6 aromatic carbocycles. The zero-order chi connectivity index (χ0) is 34.4. The van der Waals surface area contributed by atoms with E-state index >= 15 is 0 Å². The van der Waals surface area contributed by atoms with Gasteiger partial charge in [0.05, 0.1) is 24.9 Å². The zero-order valence-electron chi connectivity index (χ0n) is 29.0. The van der Waals surface area contributed by atoms with Gasteiger partial charge in [0, 0.05) is 34.1 Å². The fourth-order valence-corrected chi connectivity index (χ4v) is 9.36. The van der Waals surface area contributed by atoms with Gasteiger partial charge in [-0.2, -0.15) is 0 Å². The van der Waals surface area contributed by atoms with E-state index in [1.165, 1.54) is 21.9 Å². The molecule has 0 radical (unpaired) electrons. The molecular formula is C45H38N2O2Si. The highest BCUT2D eigenvalue weighted by Crippen LogP contribution is 2.62. The molecule has 0 saturated heterocycles. The molecule has 0 aliphatic carbocycles. The van der Waals surface area contributed by atoms with Gasteiger partial charge >= 0.3 is 0 Å². The van der Waals surface area contributed by atoms with Crippen LogP contribution >= 0.6 is 0 Å². The Labute approximate surface area is 293 Å². The maximum atomic E-state index is 14.3. The Morgan fingerprint density at radius 3 is 1.88 bits per heavy atom. The lowest BCUT2D eigenvalue weighted by molar-refractivity contribution is 0.434. The van der Waals surface area contributed by atoms with E-state index in [1.54, 1.807) is 4.57 Å². The second kappa shape index (κ2) is 10.9. The van der Waals surface area contributed by atoms with E-state index < -0.39 is 13.5 Å². The normalized spacial score (nSPS) is 14.1. The second-order valence-electron chi connectivity index (χ2n) is 14.7. The third-order valence-corrected chi connectivity index (χ3v) is 12.6. The van der Waals surface area contributed by atoms with Gasteiger partial charge < -0.3 is 9.64 Å². The van der Waals surface area contributed by atoms with Crippen LogP contribution in [0.1, 0.15) is 33.4 Å². The van der Waals surface area contributed by atoms with Gasteiger partial charge in [0.15, 0.2) is 0 Å². The SMILES string of the molecule is Cc1ccc2c(c1)C1(c3ccccc3Oc3ccccc31)c1cc([Si](C)(C)C)ccc1N2c1ccc2c(C)cn(-c3ccccc3)c(=O)c2c1. The first-order valence-corrected chi connectivity index (χ1v) is 20.8. The predicted octanol–water partition coefficient (Wildman–Crippen LogP) is 10.4. The highest BCUT2D eigenvalue weighted by Gasteiger charge is 2.51. The number of fused-ring (bicyclic) bond motifs is 9. The van der Waals surface area contributed by atoms with Crippen LogP contribution in [0, 0.1) is 13.8 Å². The Balaban J connectivity index is 1.39. The highest BCUT2D eigenvalue weighted by molar-refractivity contribution is 6.88. The molecule has 0 unspecified atom stereocenters. The van der Waals surface area contributed by atoms with Crippen LogP contribution in [0.2, 0.25) is 19.6 Å². The van der Waals surface area contributed by atoms with Crippen molar-refractivity contribution in [1.29, 1.82) is 0 Å². The number of anilines is 3. The van der Waals surface area contributed by atoms with Gasteiger partial charge in [-0.15, -0.1) is 0 Å². The predicted molar refractivity (Wildman–Crippen MR) is 209 cm³/mol. The first-order chi connectivity index (χ1) is 24.2. The van der Waals surface area contributed by atoms with Crippen LogP contribution in [0.25, 0.3) is 16.5 Å². The number of pyridine rings is 1. The van der Waals surface area contributed by atoms with E-state index in [0.717, 1.165) is 56.3 Å². The maximum absolute atomic E-state index is 14.3. The Bertz CT molecular complexity index is 2520. The quantitative estimate of drug-likeness (QED) is 0.176. The number of rotatable bonds is 3. The average molecular weight is 667 g/mol. The lowest BCUT2D eigenvalue weighted by Crippen LogP contribution is -2.43. The van der Waals surface area contributed by atoms with Crippen molar-refractivity contribution in [2.45, 2.75) is 38.9 Å². The average Bonchev–Trinajstić information content (AvgIpc) is 3.13. The lowest BCUT2D eigenvalue weighted by Gasteiger charge is -2.49. The van der Waals surface area contributed by atoms with Crippen molar-refractivity contribution in [1.82, 2.24) is 4.57 Å². The van der Waals surface area contributed by atoms with Crippen LogP contribution < -0.4 is 20.4 Å². The molecule has 7 aromatic rings. The molecule has 3 heterocycles. The maximum Gasteiger partial charge on any atom is 0.263 e. The minimum Gasteiger partial charge on any atom is -0.457 e. The van der Waals surface area contributed by atoms with E-state index in [-0.39, 0.29) is 5.56 Å². The number of aromatic nitrogens is 1. The summed E-state index contributed by atoms with van der Waals surface area (Å²) in [6.45, 7) is 11.5. The first-order valence-electron chi connectivity index (χ1n) is 17.3. The van der Waals surface area contributed by atoms with Gasteiger partial charge in [0.2, 0.25) is 0 Å². The number of benzene rings is 6. The molecule has 4 nitrogen and oxygen atoms in total. The fraction of sp³-hybridized carbons (Fsp3) is 0.133. The van der Waals surface area contributed by atoms with Crippen LogP contribution in [0.15, 0.2) is 144 Å². The number of hydrogen-bond acceptors (Lipinski definition) is 3. The van der Waals surface area contributed by atoms with Gasteiger partial charge in [-0.25, -0.2) is 0 Å². The molecular weight excluding hydrogens is 629 g/mol. The number of hydrogen-bond donors (Lipinski definition) is 0. The van der Waals surface area contributed by atoms with Crippen LogP contribution in [-0.2, 0) is 5.41 Å². The summed E-state index contributed by atoms with van der Waals surface area (Å²) >= 11 is 0. The molecule has 0 N–H and O–H groups in total. The Hall–Kier alpha value is -5.65. The molecule has 50 heavy (non-hydrogen) atoms. The lowest BCUT2D eigenvalue weighted by atomic mass is 9.61. The summed E-state index contributed by atoms with van der Waals surface area (Å²) in [6, 6.07) is 47.3. The van der Waals surface area contributed by atoms with Crippen molar-refractivity contribution in [2.75, 3.05) is 4.90 Å². The molecule has 0 atom stereocenters. The van der Waals surface area contributed by atoms with Crippen molar-refractivity contribution < 1.29 is 4.74 Å². The summed E-state index contributed by atoms with van der Waals surface area (Å²) in [7, 11) is -1.74. The molecule has 0 bridgehead atoms. The van der Waals surface area contributed by atoms with Crippen LogP contribution in [0.5, 0.6) is 11.5 Å². The van der Waals surface area contributed by atoms with Gasteiger partial charge in [-0.1, -0.05) is 115 Å². The first kappa shape index (κ1) is 30.4. The Morgan fingerprint density at radius 1 is 0.580 bits per heavy atom. The summed E-state index contributed by atoms with van der Waals surface area (Å²) in [4.78, 5) is 16.6. The molecule has 1 spiro atoms. The fourth-order valence-electron chi connectivity index (χ4n) is 8.20. The van der Waals surface area contributed by atoms with E-state index in [9.17, 15) is 4.79 Å². The molecule has 0 amide bonds. The molecule has 244 valence electrons. The topological polar surface area (TPSA) is 34.5 Å². The van der Waals surface area contributed by atoms with Gasteiger partial charge in [-0.05, 0) is 84.5 Å². The molecule has 1 aromatic heterocycles. The largest absolute Gasteiger partial charge is 0.457 e. The summed E-state index contributed by atoms with van der Waals surface area (Å²) in [5.41, 5.74) is 10.3. The minimum absolute atomic E-state index is 0.0298. The van der Waals surface area contributed by atoms with Gasteiger partial charge in [-0.3, -0.25) is 9.36 Å². The van der Waals surface area contributed by atoms with Gasteiger partial charge in [0.1, 0.15) is 11.5 Å². The Kier molecular flexibility index (Phi) is 6.64. The third-order valence-electron chi connectivity index (χ3n) is 10.6. The van der Waals surface area contributed by atoms with E-state index in [0.29, 0.717) is 5.39 Å². The van der Waals surface area contributed by atoms with Crippen LogP contribution in [0.3, 0.4) is 0 Å². The van der Waals surface area contributed by atoms with Crippen molar-refractivity contribution in [3.63, 3.8) is 0 Å². The minimum atomic E-state index is -1.74. The van der Waals surface area contributed by atoms with Crippen molar-refractivity contribution in [2.24, 2.45) is 0 Å². The third kappa shape index (κ3) is 4.33. The molecule has 2 aliphatic rings. The molecule has 0 saturated carbocycles. The molecule has 0 fully saturated rings. The molecule has 5 heteroatoms. The monoisotopic (exact) mass is 666 g/mol. The van der Waals surface area contributed by atoms with Crippen molar-refractivity contribution in [3.8, 4) is 17.2 Å². The number of aryl methyl sites for hydroxylation is 2. The van der Waals surface area contributed by atoms with E-state index in [4.69, 9.17) is 4.74 Å². The summed E-state index contributed by atoms with van der Waals surface area (Å²) in [6.07, 6.45) is 1.95. The molecule has 9 rings (SSSR count). The zero-order valence-corrected chi connectivity index (χ0v) is 30.0. The van der Waals surface area contributed by atoms with Crippen LogP contribution in [0.4, 0.5) is 17.1 Å². The Morgan fingerprint density at radius 2 is 1.20 bits per heavy atom. The van der Waals surface area contributed by atoms with E-state index in [1.807, 2.05) is 36.5 Å². The number of para-hydroxylation sites is 3. The van der Waals surface area contributed by atoms with Crippen LogP contribution in [-0.4, -0.2) is 12.6 Å². The van der Waals surface area contributed by atoms with Crippen molar-refractivity contribution in [3.05, 3.63) is 183 Å². The van der Waals surface area contributed by atoms with E-state index in [2.05, 4.69) is 142 Å². The smallest absolute Gasteiger partial charge is 0.263 e. The summed E-state index contributed by atoms with van der Waals surface area (Å²) in [5, 5.41) is 3.06. The summed E-state index contributed by atoms with van der Waals surface area (Å²) < 4.78 is 8.42.